The molecule has 2 aromatic carbocycles. The molecule has 1 aliphatic heterocycles. The van der Waals surface area contributed by atoms with Crippen molar-refractivity contribution in [2.24, 2.45) is 0 Å². The third-order valence-corrected chi connectivity index (χ3v) is 4.14. The largest absolute Gasteiger partial charge is 0.355 e. The van der Waals surface area contributed by atoms with Crippen LogP contribution in [0.2, 0.25) is 0 Å². The van der Waals surface area contributed by atoms with Crippen LogP contribution in [0.4, 0.5) is 0 Å². The van der Waals surface area contributed by atoms with Crippen LogP contribution in [0.1, 0.15) is 5.56 Å². The highest BCUT2D eigenvalue weighted by Crippen LogP contribution is 2.15. The van der Waals surface area contributed by atoms with Crippen LogP contribution in [0.25, 0.3) is 10.8 Å². The van der Waals surface area contributed by atoms with Crippen molar-refractivity contribution in [3.63, 3.8) is 0 Å². The van der Waals surface area contributed by atoms with Crippen LogP contribution in [0.15, 0.2) is 42.5 Å². The number of carbonyl (C=O) groups excluding carboxylic acids is 1. The lowest BCUT2D eigenvalue weighted by atomic mass is 10.1. The van der Waals surface area contributed by atoms with Crippen molar-refractivity contribution in [3.05, 3.63) is 48.0 Å². The third kappa shape index (κ3) is 5.20. The van der Waals surface area contributed by atoms with E-state index in [1.807, 2.05) is 18.2 Å². The molecular formula is C18H24ClN3O. The van der Waals surface area contributed by atoms with Gasteiger partial charge in [-0.3, -0.25) is 9.69 Å². The first-order valence-corrected chi connectivity index (χ1v) is 7.99. The molecule has 0 aliphatic carbocycles. The van der Waals surface area contributed by atoms with Gasteiger partial charge in [0.15, 0.2) is 0 Å². The number of fused-ring (bicyclic) bond motifs is 1. The SMILES string of the molecule is Cl.O=C(Cc1ccc2ccccc2c1)NCCN1CCNCC1. The Kier molecular flexibility index (Phi) is 6.84. The number of hydrogen-bond acceptors (Lipinski definition) is 3. The summed E-state index contributed by atoms with van der Waals surface area (Å²) < 4.78 is 0. The topological polar surface area (TPSA) is 44.4 Å². The Bertz CT molecular complexity index is 641. The van der Waals surface area contributed by atoms with E-state index in [9.17, 15) is 4.79 Å². The molecular weight excluding hydrogens is 310 g/mol. The van der Waals surface area contributed by atoms with Crippen LogP contribution >= 0.6 is 12.4 Å². The number of nitrogens with one attached hydrogen (secondary N) is 2. The predicted octanol–water partition coefficient (Wildman–Crippen LogP) is 1.83. The number of halogens is 1. The van der Waals surface area contributed by atoms with E-state index in [-0.39, 0.29) is 18.3 Å². The summed E-state index contributed by atoms with van der Waals surface area (Å²) in [4.78, 5) is 14.4. The smallest absolute Gasteiger partial charge is 0.224 e. The van der Waals surface area contributed by atoms with Crippen molar-refractivity contribution < 1.29 is 4.79 Å². The number of carbonyl (C=O) groups is 1. The van der Waals surface area contributed by atoms with Crippen LogP contribution in [0.5, 0.6) is 0 Å². The Hall–Kier alpha value is -1.62. The Morgan fingerprint density at radius 3 is 2.61 bits per heavy atom. The average molecular weight is 334 g/mol. The van der Waals surface area contributed by atoms with Crippen molar-refractivity contribution in [2.45, 2.75) is 6.42 Å². The maximum atomic E-state index is 12.0. The molecule has 5 heteroatoms. The van der Waals surface area contributed by atoms with Crippen LogP contribution < -0.4 is 10.6 Å². The second kappa shape index (κ2) is 8.87. The van der Waals surface area contributed by atoms with Crippen LogP contribution in [-0.4, -0.2) is 50.1 Å². The zero-order chi connectivity index (χ0) is 15.2. The van der Waals surface area contributed by atoms with Gasteiger partial charge in [-0.15, -0.1) is 12.4 Å². The molecule has 1 saturated heterocycles. The second-order valence-corrected chi connectivity index (χ2v) is 5.80. The molecule has 0 unspecified atom stereocenters. The van der Waals surface area contributed by atoms with Gasteiger partial charge < -0.3 is 10.6 Å². The first kappa shape index (κ1) is 17.7. The molecule has 0 bridgehead atoms. The summed E-state index contributed by atoms with van der Waals surface area (Å²) in [6.45, 7) is 5.90. The van der Waals surface area contributed by atoms with Crippen molar-refractivity contribution >= 4 is 29.1 Å². The Morgan fingerprint density at radius 1 is 1.09 bits per heavy atom. The summed E-state index contributed by atoms with van der Waals surface area (Å²) in [6, 6.07) is 14.5. The molecule has 2 aromatic rings. The molecule has 23 heavy (non-hydrogen) atoms. The minimum Gasteiger partial charge on any atom is -0.355 e. The average Bonchev–Trinajstić information content (AvgIpc) is 2.56. The number of benzene rings is 2. The van der Waals surface area contributed by atoms with E-state index in [0.717, 1.165) is 44.8 Å². The summed E-state index contributed by atoms with van der Waals surface area (Å²) >= 11 is 0. The van der Waals surface area contributed by atoms with Gasteiger partial charge in [-0.05, 0) is 16.3 Å². The van der Waals surface area contributed by atoms with Crippen molar-refractivity contribution in [1.82, 2.24) is 15.5 Å². The molecule has 124 valence electrons. The van der Waals surface area contributed by atoms with E-state index in [1.165, 1.54) is 10.8 Å². The summed E-state index contributed by atoms with van der Waals surface area (Å²) in [5, 5.41) is 8.76. The molecule has 0 spiro atoms. The predicted molar refractivity (Wildman–Crippen MR) is 97.2 cm³/mol. The molecule has 4 nitrogen and oxygen atoms in total. The number of amides is 1. The number of rotatable bonds is 5. The normalized spacial score (nSPS) is 15.1. The quantitative estimate of drug-likeness (QED) is 0.877. The zero-order valence-corrected chi connectivity index (χ0v) is 14.1. The summed E-state index contributed by atoms with van der Waals surface area (Å²) in [6.07, 6.45) is 0.451. The molecule has 0 radical (unpaired) electrons. The Morgan fingerprint density at radius 2 is 1.83 bits per heavy atom. The number of nitrogens with zero attached hydrogens (tertiary/aromatic N) is 1. The fraction of sp³-hybridized carbons (Fsp3) is 0.389. The lowest BCUT2D eigenvalue weighted by molar-refractivity contribution is -0.120. The van der Waals surface area contributed by atoms with E-state index in [0.29, 0.717) is 6.42 Å². The molecule has 0 saturated carbocycles. The minimum atomic E-state index is 0. The van der Waals surface area contributed by atoms with Gasteiger partial charge in [-0.2, -0.15) is 0 Å². The molecule has 1 amide bonds. The van der Waals surface area contributed by atoms with Crippen molar-refractivity contribution in [1.29, 1.82) is 0 Å². The third-order valence-electron chi connectivity index (χ3n) is 4.14. The first-order valence-electron chi connectivity index (χ1n) is 7.99. The van der Waals surface area contributed by atoms with Gasteiger partial charge in [0, 0.05) is 39.3 Å². The zero-order valence-electron chi connectivity index (χ0n) is 13.3. The van der Waals surface area contributed by atoms with Gasteiger partial charge in [0.25, 0.3) is 0 Å². The Balaban J connectivity index is 0.00000192. The van der Waals surface area contributed by atoms with Gasteiger partial charge in [0.2, 0.25) is 5.91 Å². The summed E-state index contributed by atoms with van der Waals surface area (Å²) in [7, 11) is 0. The van der Waals surface area contributed by atoms with Crippen LogP contribution in [0.3, 0.4) is 0 Å². The van der Waals surface area contributed by atoms with E-state index in [4.69, 9.17) is 0 Å². The molecule has 1 heterocycles. The number of piperazine rings is 1. The van der Waals surface area contributed by atoms with Gasteiger partial charge >= 0.3 is 0 Å². The summed E-state index contributed by atoms with van der Waals surface area (Å²) in [5.41, 5.74) is 1.07. The van der Waals surface area contributed by atoms with Crippen LogP contribution in [0, 0.1) is 0 Å². The van der Waals surface area contributed by atoms with Crippen molar-refractivity contribution in [3.8, 4) is 0 Å². The minimum absolute atomic E-state index is 0. The van der Waals surface area contributed by atoms with Gasteiger partial charge in [0.05, 0.1) is 6.42 Å². The number of hydrogen-bond donors (Lipinski definition) is 2. The molecule has 2 N–H and O–H groups in total. The monoisotopic (exact) mass is 333 g/mol. The second-order valence-electron chi connectivity index (χ2n) is 5.80. The molecule has 3 rings (SSSR count). The van der Waals surface area contributed by atoms with Crippen LogP contribution in [-0.2, 0) is 11.2 Å². The van der Waals surface area contributed by atoms with E-state index >= 15 is 0 Å². The van der Waals surface area contributed by atoms with Crippen molar-refractivity contribution in [2.75, 3.05) is 39.3 Å². The maximum absolute atomic E-state index is 12.0. The first-order chi connectivity index (χ1) is 10.8. The fourth-order valence-corrected chi connectivity index (χ4v) is 2.88. The van der Waals surface area contributed by atoms with Gasteiger partial charge in [0.1, 0.15) is 0 Å². The molecule has 1 fully saturated rings. The highest BCUT2D eigenvalue weighted by molar-refractivity contribution is 5.85. The molecule has 0 atom stereocenters. The van der Waals surface area contributed by atoms with E-state index in [2.05, 4.69) is 39.8 Å². The highest BCUT2D eigenvalue weighted by atomic mass is 35.5. The lowest BCUT2D eigenvalue weighted by Crippen LogP contribution is -2.46. The van der Waals surface area contributed by atoms with Gasteiger partial charge in [-0.1, -0.05) is 42.5 Å². The molecule has 1 aliphatic rings. The highest BCUT2D eigenvalue weighted by Gasteiger charge is 2.09. The maximum Gasteiger partial charge on any atom is 0.224 e. The molecule has 0 aromatic heterocycles. The fourth-order valence-electron chi connectivity index (χ4n) is 2.88. The standard InChI is InChI=1S/C18H23N3O.ClH/c22-18(20-9-12-21-10-7-19-8-11-21)14-15-5-6-16-3-1-2-4-17(16)13-15;/h1-6,13,19H,7-12,14H2,(H,20,22);1H. The Labute approximate surface area is 143 Å². The van der Waals surface area contributed by atoms with E-state index in [1.54, 1.807) is 0 Å². The van der Waals surface area contributed by atoms with Gasteiger partial charge in [-0.25, -0.2) is 0 Å². The summed E-state index contributed by atoms with van der Waals surface area (Å²) in [5.74, 6) is 0.102. The van der Waals surface area contributed by atoms with E-state index < -0.39 is 0 Å². The lowest BCUT2D eigenvalue weighted by Gasteiger charge is -2.27.